The van der Waals surface area contributed by atoms with Gasteiger partial charge in [0.05, 0.1) is 12.6 Å². The molecular formula is C21H25N3O4. The summed E-state index contributed by atoms with van der Waals surface area (Å²) in [5, 5.41) is 11.9. The Kier molecular flexibility index (Phi) is 5.44. The predicted molar refractivity (Wildman–Crippen MR) is 105 cm³/mol. The van der Waals surface area contributed by atoms with Gasteiger partial charge in [-0.2, -0.15) is 0 Å². The van der Waals surface area contributed by atoms with Crippen LogP contribution in [-0.2, 0) is 11.3 Å². The van der Waals surface area contributed by atoms with Crippen LogP contribution in [0.25, 0.3) is 0 Å². The zero-order valence-electron chi connectivity index (χ0n) is 16.3. The molecule has 2 aromatic rings. The van der Waals surface area contributed by atoms with Gasteiger partial charge in [0.15, 0.2) is 5.84 Å². The van der Waals surface area contributed by atoms with Crippen molar-refractivity contribution in [2.45, 2.75) is 39.0 Å². The van der Waals surface area contributed by atoms with Crippen molar-refractivity contribution in [3.8, 4) is 5.75 Å². The second-order valence-electron chi connectivity index (χ2n) is 7.65. The molecular weight excluding hydrogens is 358 g/mol. The Hall–Kier alpha value is -3.22. The number of rotatable bonds is 2. The molecule has 1 aliphatic rings. The number of benzene rings is 2. The van der Waals surface area contributed by atoms with Crippen LogP contribution in [0.3, 0.4) is 0 Å². The Morgan fingerprint density at radius 1 is 1.25 bits per heavy atom. The van der Waals surface area contributed by atoms with E-state index in [0.717, 1.165) is 11.1 Å². The third-order valence-corrected chi connectivity index (χ3v) is 4.40. The molecule has 3 rings (SSSR count). The first-order valence-electron chi connectivity index (χ1n) is 9.06. The van der Waals surface area contributed by atoms with E-state index < -0.39 is 11.7 Å². The minimum atomic E-state index is -0.607. The minimum absolute atomic E-state index is 0.000690. The summed E-state index contributed by atoms with van der Waals surface area (Å²) in [6.45, 7) is 6.10. The average molecular weight is 383 g/mol. The maximum Gasteiger partial charge on any atom is 0.411 e. The van der Waals surface area contributed by atoms with Crippen LogP contribution >= 0.6 is 0 Å². The lowest BCUT2D eigenvalue weighted by atomic mass is 10.1. The van der Waals surface area contributed by atoms with Gasteiger partial charge < -0.3 is 20.4 Å². The average Bonchev–Trinajstić information content (AvgIpc) is 2.86. The van der Waals surface area contributed by atoms with Crippen LogP contribution in [0.15, 0.2) is 53.7 Å². The molecule has 1 aliphatic heterocycles. The summed E-state index contributed by atoms with van der Waals surface area (Å²) >= 11 is 0. The number of amidine groups is 1. The standard InChI is InChI=1S/C21H25N3O4/c1-21(2,3)28-20(25)24-12-16-10-9-15(19(22)23-26)11-18(16)27-13-17(24)14-7-5-4-6-8-14/h4-11,17,26H,12-13H2,1-3H3,(H2,22,23)/t17-/m1/s1. The summed E-state index contributed by atoms with van der Waals surface area (Å²) in [6, 6.07) is 14.7. The maximum atomic E-state index is 13.0. The van der Waals surface area contributed by atoms with E-state index in [1.807, 2.05) is 57.2 Å². The van der Waals surface area contributed by atoms with Gasteiger partial charge in [0, 0.05) is 11.1 Å². The molecule has 0 aromatic heterocycles. The van der Waals surface area contributed by atoms with E-state index in [9.17, 15) is 4.79 Å². The first kappa shape index (κ1) is 19.5. The first-order chi connectivity index (χ1) is 13.3. The fraction of sp³-hybridized carbons (Fsp3) is 0.333. The maximum absolute atomic E-state index is 13.0. The third kappa shape index (κ3) is 4.36. The van der Waals surface area contributed by atoms with Crippen LogP contribution < -0.4 is 10.5 Å². The number of carbonyl (C=O) groups is 1. The van der Waals surface area contributed by atoms with Crippen LogP contribution in [0.5, 0.6) is 5.75 Å². The van der Waals surface area contributed by atoms with Crippen molar-refractivity contribution < 1.29 is 19.5 Å². The molecule has 28 heavy (non-hydrogen) atoms. The van der Waals surface area contributed by atoms with Gasteiger partial charge in [0.1, 0.15) is 18.0 Å². The molecule has 3 N–H and O–H groups in total. The normalized spacial score (nSPS) is 17.3. The van der Waals surface area contributed by atoms with Crippen molar-refractivity contribution in [2.75, 3.05) is 6.61 Å². The van der Waals surface area contributed by atoms with Crippen molar-refractivity contribution in [3.05, 3.63) is 65.2 Å². The lowest BCUT2D eigenvalue weighted by molar-refractivity contribution is 0.0108. The smallest absolute Gasteiger partial charge is 0.411 e. The molecule has 0 unspecified atom stereocenters. The molecule has 1 atom stereocenters. The van der Waals surface area contributed by atoms with E-state index >= 15 is 0 Å². The molecule has 0 aliphatic carbocycles. The van der Waals surface area contributed by atoms with E-state index in [1.54, 1.807) is 17.0 Å². The van der Waals surface area contributed by atoms with Crippen LogP contribution in [-0.4, -0.2) is 34.2 Å². The monoisotopic (exact) mass is 383 g/mol. The largest absolute Gasteiger partial charge is 0.491 e. The van der Waals surface area contributed by atoms with Gasteiger partial charge in [-0.05, 0) is 32.4 Å². The zero-order valence-corrected chi connectivity index (χ0v) is 16.3. The Morgan fingerprint density at radius 2 is 1.96 bits per heavy atom. The number of carbonyl (C=O) groups excluding carboxylic acids is 1. The minimum Gasteiger partial charge on any atom is -0.491 e. The SMILES string of the molecule is CC(C)(C)OC(=O)N1Cc2ccc(C(N)=NO)cc2OC[C@@H]1c1ccccc1. The lowest BCUT2D eigenvalue weighted by Gasteiger charge is -2.32. The Labute approximate surface area is 164 Å². The van der Waals surface area contributed by atoms with E-state index in [2.05, 4.69) is 5.16 Å². The van der Waals surface area contributed by atoms with E-state index in [0.29, 0.717) is 17.9 Å². The van der Waals surface area contributed by atoms with Crippen LogP contribution in [0, 0.1) is 0 Å². The van der Waals surface area contributed by atoms with Crippen molar-refractivity contribution in [1.29, 1.82) is 0 Å². The molecule has 2 aromatic carbocycles. The highest BCUT2D eigenvalue weighted by molar-refractivity contribution is 5.97. The van der Waals surface area contributed by atoms with Crippen LogP contribution in [0.4, 0.5) is 4.79 Å². The van der Waals surface area contributed by atoms with Crippen LogP contribution in [0.1, 0.15) is 43.5 Å². The van der Waals surface area contributed by atoms with Crippen LogP contribution in [0.2, 0.25) is 0 Å². The number of amides is 1. The van der Waals surface area contributed by atoms with Crippen molar-refractivity contribution in [1.82, 2.24) is 4.90 Å². The van der Waals surface area contributed by atoms with Gasteiger partial charge in [-0.1, -0.05) is 47.6 Å². The summed E-state index contributed by atoms with van der Waals surface area (Å²) in [5.41, 5.74) is 7.40. The van der Waals surface area contributed by atoms with E-state index in [4.69, 9.17) is 20.4 Å². The molecule has 0 radical (unpaired) electrons. The van der Waals surface area contributed by atoms with Crippen molar-refractivity contribution >= 4 is 11.9 Å². The van der Waals surface area contributed by atoms with Crippen molar-refractivity contribution in [2.24, 2.45) is 10.9 Å². The topological polar surface area (TPSA) is 97.4 Å². The van der Waals surface area contributed by atoms with Gasteiger partial charge in [0.2, 0.25) is 0 Å². The summed E-state index contributed by atoms with van der Waals surface area (Å²) in [4.78, 5) is 14.6. The Morgan fingerprint density at radius 3 is 2.61 bits per heavy atom. The zero-order chi connectivity index (χ0) is 20.3. The molecule has 0 fully saturated rings. The number of ether oxygens (including phenoxy) is 2. The number of hydrogen-bond acceptors (Lipinski definition) is 5. The Bertz CT molecular complexity index is 875. The molecule has 0 saturated carbocycles. The lowest BCUT2D eigenvalue weighted by Crippen LogP contribution is -2.39. The molecule has 7 heteroatoms. The molecule has 0 bridgehead atoms. The summed E-state index contributed by atoms with van der Waals surface area (Å²) < 4.78 is 11.7. The first-order valence-corrected chi connectivity index (χ1v) is 9.06. The quantitative estimate of drug-likeness (QED) is 0.357. The third-order valence-electron chi connectivity index (χ3n) is 4.40. The highest BCUT2D eigenvalue weighted by atomic mass is 16.6. The number of fused-ring (bicyclic) bond motifs is 1. The fourth-order valence-electron chi connectivity index (χ4n) is 3.05. The highest BCUT2D eigenvalue weighted by Crippen LogP contribution is 2.33. The van der Waals surface area contributed by atoms with Gasteiger partial charge in [-0.25, -0.2) is 4.79 Å². The van der Waals surface area contributed by atoms with Gasteiger partial charge >= 0.3 is 6.09 Å². The molecule has 1 amide bonds. The number of nitrogens with two attached hydrogens (primary N) is 1. The number of hydrogen-bond donors (Lipinski definition) is 2. The van der Waals surface area contributed by atoms with Gasteiger partial charge in [-0.3, -0.25) is 4.90 Å². The molecule has 0 saturated heterocycles. The van der Waals surface area contributed by atoms with Gasteiger partial charge in [0.25, 0.3) is 0 Å². The van der Waals surface area contributed by atoms with E-state index in [-0.39, 0.29) is 18.5 Å². The van der Waals surface area contributed by atoms with Gasteiger partial charge in [-0.15, -0.1) is 0 Å². The highest BCUT2D eigenvalue weighted by Gasteiger charge is 2.33. The molecule has 148 valence electrons. The summed E-state index contributed by atoms with van der Waals surface area (Å²) in [7, 11) is 0. The number of nitrogens with zero attached hydrogens (tertiary/aromatic N) is 2. The second kappa shape index (κ2) is 7.80. The Balaban J connectivity index is 1.98. The predicted octanol–water partition coefficient (Wildman–Crippen LogP) is 3.65. The molecule has 1 heterocycles. The fourth-order valence-corrected chi connectivity index (χ4v) is 3.05. The summed E-state index contributed by atoms with van der Waals surface area (Å²) in [6.07, 6.45) is -0.404. The molecule has 7 nitrogen and oxygen atoms in total. The summed E-state index contributed by atoms with van der Waals surface area (Å²) in [5.74, 6) is 0.593. The van der Waals surface area contributed by atoms with E-state index in [1.165, 1.54) is 0 Å². The van der Waals surface area contributed by atoms with Crippen molar-refractivity contribution in [3.63, 3.8) is 0 Å². The second-order valence-corrected chi connectivity index (χ2v) is 7.65. The molecule has 0 spiro atoms. The number of oxime groups is 1.